The molecule has 32 heavy (non-hydrogen) atoms. The molecule has 0 aliphatic heterocycles. The van der Waals surface area contributed by atoms with E-state index in [2.05, 4.69) is 26.1 Å². The summed E-state index contributed by atoms with van der Waals surface area (Å²) in [6.07, 6.45) is 0. The lowest BCUT2D eigenvalue weighted by Crippen LogP contribution is -2.24. The normalized spacial score (nSPS) is 11.5. The molecule has 0 aliphatic rings. The molecule has 0 aliphatic carbocycles. The zero-order valence-electron chi connectivity index (χ0n) is 17.0. The zero-order chi connectivity index (χ0) is 22.5. The molecule has 0 saturated heterocycles. The van der Waals surface area contributed by atoms with Gasteiger partial charge in [0, 0.05) is 17.1 Å². The van der Waals surface area contributed by atoms with Crippen LogP contribution < -0.4 is 16.0 Å². The van der Waals surface area contributed by atoms with Gasteiger partial charge in [0.1, 0.15) is 6.04 Å². The number of nitrogens with one attached hydrogen (secondary N) is 4. The average molecular weight is 465 g/mol. The van der Waals surface area contributed by atoms with Crippen LogP contribution >= 0.6 is 23.6 Å². The number of rotatable bonds is 6. The van der Waals surface area contributed by atoms with Crippen molar-refractivity contribution in [3.05, 3.63) is 76.9 Å². The summed E-state index contributed by atoms with van der Waals surface area (Å²) in [5.41, 5.74) is 1.90. The highest BCUT2D eigenvalue weighted by atomic mass is 32.1. The third kappa shape index (κ3) is 4.93. The van der Waals surface area contributed by atoms with Gasteiger partial charge in [0.05, 0.1) is 4.88 Å². The van der Waals surface area contributed by atoms with Crippen molar-refractivity contribution in [1.82, 2.24) is 14.8 Å². The summed E-state index contributed by atoms with van der Waals surface area (Å²) in [5, 5.41) is 17.4. The number of amides is 3. The van der Waals surface area contributed by atoms with Crippen LogP contribution in [-0.2, 0) is 4.79 Å². The van der Waals surface area contributed by atoms with Gasteiger partial charge in [-0.2, -0.15) is 5.10 Å². The first kappa shape index (κ1) is 21.5. The maximum Gasteiger partial charge on any atom is 0.323 e. The maximum atomic E-state index is 12.9. The van der Waals surface area contributed by atoms with Crippen molar-refractivity contribution >= 4 is 52.6 Å². The number of hydrogen-bond acceptors (Lipinski definition) is 5. The van der Waals surface area contributed by atoms with Crippen LogP contribution in [0.5, 0.6) is 0 Å². The van der Waals surface area contributed by atoms with Gasteiger partial charge in [0.2, 0.25) is 5.91 Å². The Bertz CT molecular complexity index is 1260. The third-order valence-corrected chi connectivity index (χ3v) is 5.81. The summed E-state index contributed by atoms with van der Waals surface area (Å²) in [6, 6.07) is 18.9. The minimum atomic E-state index is -0.576. The average Bonchev–Trinajstić information content (AvgIpc) is 3.45. The number of carbonyl (C=O) groups excluding carboxylic acids is 2. The fourth-order valence-corrected chi connectivity index (χ4v) is 4.06. The van der Waals surface area contributed by atoms with Gasteiger partial charge in [-0.25, -0.2) is 4.79 Å². The molecular formula is C22H20N6O2S2. The molecule has 0 radical (unpaired) electrons. The predicted molar refractivity (Wildman–Crippen MR) is 130 cm³/mol. The van der Waals surface area contributed by atoms with Gasteiger partial charge in [-0.05, 0) is 67.0 Å². The zero-order valence-corrected chi connectivity index (χ0v) is 18.7. The highest BCUT2D eigenvalue weighted by molar-refractivity contribution is 7.71. The van der Waals surface area contributed by atoms with Gasteiger partial charge < -0.3 is 16.0 Å². The maximum absolute atomic E-state index is 12.9. The molecule has 2 aromatic heterocycles. The Morgan fingerprint density at radius 3 is 2.19 bits per heavy atom. The van der Waals surface area contributed by atoms with Crippen molar-refractivity contribution in [3.8, 4) is 10.7 Å². The Balaban J connectivity index is 1.39. The molecule has 10 heteroatoms. The van der Waals surface area contributed by atoms with Crippen LogP contribution in [0, 0.1) is 4.77 Å². The molecule has 0 bridgehead atoms. The number of hydrogen-bond donors (Lipinski definition) is 4. The summed E-state index contributed by atoms with van der Waals surface area (Å²) < 4.78 is 2.07. The molecule has 2 aromatic carbocycles. The Morgan fingerprint density at radius 1 is 0.938 bits per heavy atom. The summed E-state index contributed by atoms with van der Waals surface area (Å²) in [7, 11) is 0. The van der Waals surface area contributed by atoms with E-state index in [1.807, 2.05) is 35.7 Å². The number of aromatic amines is 1. The summed E-state index contributed by atoms with van der Waals surface area (Å²) in [5.74, 6) is 0.388. The van der Waals surface area contributed by atoms with Crippen LogP contribution in [0.1, 0.15) is 13.0 Å². The SMILES string of the molecule is CC(C(=O)Nc1ccc(NC(=O)Nc2ccccc2)cc1)n1c(-c2cccs2)n[nH]c1=S. The molecule has 162 valence electrons. The van der Waals surface area contributed by atoms with Gasteiger partial charge in [-0.1, -0.05) is 24.3 Å². The van der Waals surface area contributed by atoms with Crippen molar-refractivity contribution in [2.24, 2.45) is 0 Å². The summed E-state index contributed by atoms with van der Waals surface area (Å²) in [4.78, 5) is 25.9. The Morgan fingerprint density at radius 2 is 1.56 bits per heavy atom. The Kier molecular flexibility index (Phi) is 6.43. The fourth-order valence-electron chi connectivity index (χ4n) is 3.06. The van der Waals surface area contributed by atoms with E-state index < -0.39 is 6.04 Å². The second-order valence-electron chi connectivity index (χ2n) is 6.89. The van der Waals surface area contributed by atoms with Crippen LogP contribution in [0.15, 0.2) is 72.1 Å². The molecule has 2 heterocycles. The van der Waals surface area contributed by atoms with E-state index in [1.54, 1.807) is 47.9 Å². The molecule has 0 spiro atoms. The molecule has 4 rings (SSSR count). The number of anilines is 3. The summed E-state index contributed by atoms with van der Waals surface area (Å²) in [6.45, 7) is 1.77. The van der Waals surface area contributed by atoms with Crippen LogP contribution in [0.4, 0.5) is 21.9 Å². The monoisotopic (exact) mass is 464 g/mol. The third-order valence-electron chi connectivity index (χ3n) is 4.65. The topological polar surface area (TPSA) is 104 Å². The quantitative estimate of drug-likeness (QED) is 0.282. The minimum absolute atomic E-state index is 0.233. The largest absolute Gasteiger partial charge is 0.324 e. The van der Waals surface area contributed by atoms with E-state index in [1.165, 1.54) is 11.3 Å². The van der Waals surface area contributed by atoms with Gasteiger partial charge >= 0.3 is 6.03 Å². The molecule has 8 nitrogen and oxygen atoms in total. The van der Waals surface area contributed by atoms with Crippen molar-refractivity contribution in [3.63, 3.8) is 0 Å². The highest BCUT2D eigenvalue weighted by Crippen LogP contribution is 2.26. The molecule has 4 aromatic rings. The van der Waals surface area contributed by atoms with Crippen molar-refractivity contribution < 1.29 is 9.59 Å². The van der Waals surface area contributed by atoms with Crippen LogP contribution in [0.25, 0.3) is 10.7 Å². The van der Waals surface area contributed by atoms with E-state index >= 15 is 0 Å². The number of carbonyl (C=O) groups is 2. The molecular weight excluding hydrogens is 444 g/mol. The number of para-hydroxylation sites is 1. The number of urea groups is 1. The van der Waals surface area contributed by atoms with Crippen LogP contribution in [0.2, 0.25) is 0 Å². The van der Waals surface area contributed by atoms with E-state index in [0.717, 1.165) is 4.88 Å². The molecule has 4 N–H and O–H groups in total. The number of aromatic nitrogens is 3. The standard InChI is InChI=1S/C22H20N6O2S2/c1-14(28-19(26-27-22(28)31)18-8-5-13-32-18)20(29)23-16-9-11-17(12-10-16)25-21(30)24-15-6-3-2-4-7-15/h2-14H,1H3,(H,23,29)(H,27,31)(H2,24,25,30). The summed E-state index contributed by atoms with van der Waals surface area (Å²) >= 11 is 6.86. The first-order valence-electron chi connectivity index (χ1n) is 9.76. The molecule has 0 fully saturated rings. The van der Waals surface area contributed by atoms with Gasteiger partial charge in [0.15, 0.2) is 10.6 Å². The van der Waals surface area contributed by atoms with E-state index in [-0.39, 0.29) is 11.9 Å². The van der Waals surface area contributed by atoms with Crippen molar-refractivity contribution in [2.45, 2.75) is 13.0 Å². The lowest BCUT2D eigenvalue weighted by molar-refractivity contribution is -0.118. The van der Waals surface area contributed by atoms with E-state index in [9.17, 15) is 9.59 Å². The number of benzene rings is 2. The second-order valence-corrected chi connectivity index (χ2v) is 8.22. The van der Waals surface area contributed by atoms with Crippen molar-refractivity contribution in [2.75, 3.05) is 16.0 Å². The lowest BCUT2D eigenvalue weighted by Gasteiger charge is -2.15. The molecule has 1 atom stereocenters. The Labute approximate surface area is 193 Å². The first-order valence-corrected chi connectivity index (χ1v) is 11.0. The molecule has 3 amide bonds. The molecule has 1 unspecified atom stereocenters. The number of H-pyrrole nitrogens is 1. The fraction of sp³-hybridized carbons (Fsp3) is 0.0909. The van der Waals surface area contributed by atoms with Crippen molar-refractivity contribution in [1.29, 1.82) is 0 Å². The molecule has 0 saturated carbocycles. The van der Waals surface area contributed by atoms with Gasteiger partial charge in [-0.3, -0.25) is 14.5 Å². The van der Waals surface area contributed by atoms with Gasteiger partial charge in [0.25, 0.3) is 0 Å². The highest BCUT2D eigenvalue weighted by Gasteiger charge is 2.21. The van der Waals surface area contributed by atoms with E-state index in [0.29, 0.717) is 27.7 Å². The Hall–Kier alpha value is -3.76. The van der Waals surface area contributed by atoms with Gasteiger partial charge in [-0.15, -0.1) is 11.3 Å². The number of nitrogens with zero attached hydrogens (tertiary/aromatic N) is 2. The lowest BCUT2D eigenvalue weighted by atomic mass is 10.2. The van der Waals surface area contributed by atoms with E-state index in [4.69, 9.17) is 12.2 Å². The predicted octanol–water partition coefficient (Wildman–Crippen LogP) is 5.51. The first-order chi connectivity index (χ1) is 15.5. The smallest absolute Gasteiger partial charge is 0.323 e. The minimum Gasteiger partial charge on any atom is -0.324 e. The van der Waals surface area contributed by atoms with Crippen LogP contribution in [0.3, 0.4) is 0 Å². The number of thiophene rings is 1. The van der Waals surface area contributed by atoms with Crippen LogP contribution in [-0.4, -0.2) is 26.7 Å². The second kappa shape index (κ2) is 9.58.